The lowest BCUT2D eigenvalue weighted by Crippen LogP contribution is -2.53. The Bertz CT molecular complexity index is 319. The number of hydrogen-bond acceptors (Lipinski definition) is 4. The van der Waals surface area contributed by atoms with Crippen LogP contribution in [0.15, 0.2) is 0 Å². The van der Waals surface area contributed by atoms with Crippen LogP contribution in [0, 0.1) is 0 Å². The van der Waals surface area contributed by atoms with Crippen molar-refractivity contribution in [3.05, 3.63) is 0 Å². The second-order valence-electron chi connectivity index (χ2n) is 5.76. The number of rotatable bonds is 4. The molecule has 1 N–H and O–H groups in total. The zero-order chi connectivity index (χ0) is 13.9. The summed E-state index contributed by atoms with van der Waals surface area (Å²) in [6, 6.07) is 0.316. The average molecular weight is 286 g/mol. The molecule has 0 aliphatic carbocycles. The monoisotopic (exact) mass is 286 g/mol. The molecular weight excluding hydrogens is 260 g/mol. The maximum atomic E-state index is 12.1. The summed E-state index contributed by atoms with van der Waals surface area (Å²) < 4.78 is 6.01. The van der Waals surface area contributed by atoms with Gasteiger partial charge in [0.25, 0.3) is 0 Å². The van der Waals surface area contributed by atoms with Gasteiger partial charge in [0.05, 0.1) is 11.6 Å². The van der Waals surface area contributed by atoms with E-state index in [1.165, 1.54) is 5.75 Å². The van der Waals surface area contributed by atoms with Gasteiger partial charge in [0, 0.05) is 32.0 Å². The third-order valence-corrected chi connectivity index (χ3v) is 5.49. The number of ether oxygens (including phenoxy) is 1. The van der Waals surface area contributed by atoms with E-state index in [1.54, 1.807) is 4.90 Å². The summed E-state index contributed by atoms with van der Waals surface area (Å²) >= 11 is 1.99. The average Bonchev–Trinajstić information content (AvgIpc) is 2.84. The maximum absolute atomic E-state index is 12.1. The molecule has 0 bridgehead atoms. The molecule has 0 aromatic rings. The third-order valence-electron chi connectivity index (χ3n) is 4.27. The summed E-state index contributed by atoms with van der Waals surface area (Å²) in [5.41, 5.74) is 0.0833. The van der Waals surface area contributed by atoms with E-state index >= 15 is 0 Å². The fourth-order valence-corrected chi connectivity index (χ4v) is 4.32. The highest BCUT2D eigenvalue weighted by molar-refractivity contribution is 7.99. The van der Waals surface area contributed by atoms with Crippen molar-refractivity contribution < 1.29 is 9.53 Å². The maximum Gasteiger partial charge on any atom is 0.239 e. The van der Waals surface area contributed by atoms with Crippen molar-refractivity contribution in [1.29, 1.82) is 0 Å². The van der Waals surface area contributed by atoms with E-state index in [1.807, 2.05) is 32.7 Å². The van der Waals surface area contributed by atoms with Gasteiger partial charge in [0.15, 0.2) is 0 Å². The first-order valence-corrected chi connectivity index (χ1v) is 8.44. The van der Waals surface area contributed by atoms with Crippen LogP contribution in [-0.2, 0) is 9.53 Å². The molecule has 110 valence electrons. The number of thioether (sulfide) groups is 1. The Morgan fingerprint density at radius 3 is 3.05 bits per heavy atom. The van der Waals surface area contributed by atoms with E-state index in [4.69, 9.17) is 4.74 Å². The van der Waals surface area contributed by atoms with E-state index in [9.17, 15) is 4.79 Å². The predicted molar refractivity (Wildman–Crippen MR) is 79.6 cm³/mol. The fourth-order valence-electron chi connectivity index (χ4n) is 2.94. The SMILES string of the molecule is CCN(C)C(=O)C(C)NC1CCOC2(CCSC2)C1. The smallest absolute Gasteiger partial charge is 0.239 e. The first-order chi connectivity index (χ1) is 9.06. The molecule has 3 unspecified atom stereocenters. The summed E-state index contributed by atoms with van der Waals surface area (Å²) in [5, 5.41) is 3.50. The number of carbonyl (C=O) groups excluding carboxylic acids is 1. The Labute approximate surface area is 120 Å². The molecule has 19 heavy (non-hydrogen) atoms. The summed E-state index contributed by atoms with van der Waals surface area (Å²) in [6.07, 6.45) is 3.22. The Kier molecular flexibility index (Phi) is 5.15. The van der Waals surface area contributed by atoms with Crippen LogP contribution in [0.25, 0.3) is 0 Å². The molecular formula is C14H26N2O2S. The Morgan fingerprint density at radius 1 is 1.63 bits per heavy atom. The quantitative estimate of drug-likeness (QED) is 0.850. The van der Waals surface area contributed by atoms with E-state index in [2.05, 4.69) is 5.32 Å². The lowest BCUT2D eigenvalue weighted by molar-refractivity contribution is -0.132. The number of nitrogens with zero attached hydrogens (tertiary/aromatic N) is 1. The summed E-state index contributed by atoms with van der Waals surface area (Å²) in [5.74, 6) is 2.51. The number of likely N-dealkylation sites (N-methyl/N-ethyl adjacent to an activating group) is 1. The van der Waals surface area contributed by atoms with Crippen molar-refractivity contribution in [1.82, 2.24) is 10.2 Å². The predicted octanol–water partition coefficient (Wildman–Crippen LogP) is 1.50. The molecule has 1 spiro atoms. The molecule has 0 radical (unpaired) electrons. The van der Waals surface area contributed by atoms with Crippen molar-refractivity contribution >= 4 is 17.7 Å². The van der Waals surface area contributed by atoms with E-state index in [0.717, 1.165) is 38.2 Å². The molecule has 2 saturated heterocycles. The molecule has 2 heterocycles. The zero-order valence-electron chi connectivity index (χ0n) is 12.3. The van der Waals surface area contributed by atoms with Gasteiger partial charge in [-0.3, -0.25) is 4.79 Å². The number of nitrogens with one attached hydrogen (secondary N) is 1. The molecule has 0 aromatic carbocycles. The van der Waals surface area contributed by atoms with Gasteiger partial charge in [0.2, 0.25) is 5.91 Å². The van der Waals surface area contributed by atoms with Gasteiger partial charge in [-0.1, -0.05) is 0 Å². The molecule has 2 aliphatic rings. The number of amides is 1. The largest absolute Gasteiger partial charge is 0.374 e. The molecule has 3 atom stereocenters. The minimum absolute atomic E-state index is 0.0833. The van der Waals surface area contributed by atoms with Gasteiger partial charge in [0.1, 0.15) is 0 Å². The standard InChI is InChI=1S/C14H26N2O2S/c1-4-16(3)13(17)11(2)15-12-5-7-18-14(9-12)6-8-19-10-14/h11-12,15H,4-10H2,1-3H3. The second kappa shape index (κ2) is 6.46. The van der Waals surface area contributed by atoms with Crippen LogP contribution in [-0.4, -0.2) is 60.2 Å². The normalized spacial score (nSPS) is 32.5. The van der Waals surface area contributed by atoms with Gasteiger partial charge >= 0.3 is 0 Å². The minimum Gasteiger partial charge on any atom is -0.374 e. The lowest BCUT2D eigenvalue weighted by atomic mass is 9.89. The highest BCUT2D eigenvalue weighted by Crippen LogP contribution is 2.38. The van der Waals surface area contributed by atoms with Gasteiger partial charge in [-0.15, -0.1) is 0 Å². The zero-order valence-corrected chi connectivity index (χ0v) is 13.1. The van der Waals surface area contributed by atoms with Gasteiger partial charge in [-0.05, 0) is 38.9 Å². The van der Waals surface area contributed by atoms with E-state index in [-0.39, 0.29) is 17.6 Å². The lowest BCUT2D eigenvalue weighted by Gasteiger charge is -2.39. The summed E-state index contributed by atoms with van der Waals surface area (Å²) in [4.78, 5) is 13.9. The van der Waals surface area contributed by atoms with Crippen LogP contribution in [0.5, 0.6) is 0 Å². The molecule has 5 heteroatoms. The number of carbonyl (C=O) groups is 1. The van der Waals surface area contributed by atoms with Crippen LogP contribution >= 0.6 is 11.8 Å². The van der Waals surface area contributed by atoms with Crippen molar-refractivity contribution in [2.75, 3.05) is 31.7 Å². The Hall–Kier alpha value is -0.260. The molecule has 2 aliphatic heterocycles. The molecule has 1 amide bonds. The number of hydrogen-bond donors (Lipinski definition) is 1. The molecule has 2 rings (SSSR count). The van der Waals surface area contributed by atoms with E-state index < -0.39 is 0 Å². The first kappa shape index (κ1) is 15.1. The van der Waals surface area contributed by atoms with Crippen LogP contribution in [0.3, 0.4) is 0 Å². The fraction of sp³-hybridized carbons (Fsp3) is 0.929. The molecule has 0 saturated carbocycles. The Balaban J connectivity index is 1.86. The van der Waals surface area contributed by atoms with Crippen molar-refractivity contribution in [3.8, 4) is 0 Å². The second-order valence-corrected chi connectivity index (χ2v) is 6.87. The van der Waals surface area contributed by atoms with Gasteiger partial charge in [-0.2, -0.15) is 11.8 Å². The topological polar surface area (TPSA) is 41.6 Å². The Morgan fingerprint density at radius 2 is 2.42 bits per heavy atom. The molecule has 4 nitrogen and oxygen atoms in total. The van der Waals surface area contributed by atoms with Crippen LogP contribution in [0.4, 0.5) is 0 Å². The van der Waals surface area contributed by atoms with Crippen molar-refractivity contribution in [2.24, 2.45) is 0 Å². The van der Waals surface area contributed by atoms with E-state index in [0.29, 0.717) is 6.04 Å². The first-order valence-electron chi connectivity index (χ1n) is 7.29. The van der Waals surface area contributed by atoms with Crippen molar-refractivity contribution in [2.45, 2.75) is 50.8 Å². The third kappa shape index (κ3) is 3.64. The molecule has 2 fully saturated rings. The van der Waals surface area contributed by atoms with Gasteiger partial charge < -0.3 is 15.0 Å². The summed E-state index contributed by atoms with van der Waals surface area (Å²) in [7, 11) is 1.86. The summed E-state index contributed by atoms with van der Waals surface area (Å²) in [6.45, 7) is 5.56. The van der Waals surface area contributed by atoms with Gasteiger partial charge in [-0.25, -0.2) is 0 Å². The highest BCUT2D eigenvalue weighted by atomic mass is 32.2. The van der Waals surface area contributed by atoms with Crippen molar-refractivity contribution in [3.63, 3.8) is 0 Å². The molecule has 0 aromatic heterocycles. The van der Waals surface area contributed by atoms with Crippen LogP contribution in [0.1, 0.15) is 33.1 Å². The van der Waals surface area contributed by atoms with Crippen LogP contribution in [0.2, 0.25) is 0 Å². The minimum atomic E-state index is -0.0980. The van der Waals surface area contributed by atoms with Crippen LogP contribution < -0.4 is 5.32 Å². The highest BCUT2D eigenvalue weighted by Gasteiger charge is 2.40.